The highest BCUT2D eigenvalue weighted by atomic mass is 16.3. The molecule has 2 N–H and O–H groups in total. The lowest BCUT2D eigenvalue weighted by Crippen LogP contribution is -1.80. The number of azo groups is 1. The van der Waals surface area contributed by atoms with Gasteiger partial charge in [0.05, 0.1) is 22.5 Å². The van der Waals surface area contributed by atoms with Crippen molar-refractivity contribution < 1.29 is 19.8 Å². The molecule has 0 spiro atoms. The predicted molar refractivity (Wildman–Crippen MR) is 71.2 cm³/mol. The second kappa shape index (κ2) is 5.75. The lowest BCUT2D eigenvalue weighted by Gasteiger charge is -1.99. The number of aldehydes is 2. The number of nitrogens with zero attached hydrogens (tertiary/aromatic N) is 2. The van der Waals surface area contributed by atoms with Crippen LogP contribution < -0.4 is 0 Å². The number of benzene rings is 2. The van der Waals surface area contributed by atoms with Gasteiger partial charge in [0.2, 0.25) is 0 Å². The van der Waals surface area contributed by atoms with Gasteiger partial charge in [0.15, 0.2) is 12.6 Å². The van der Waals surface area contributed by atoms with E-state index in [2.05, 4.69) is 10.2 Å². The van der Waals surface area contributed by atoms with Crippen molar-refractivity contribution in [1.82, 2.24) is 0 Å². The topological polar surface area (TPSA) is 99.3 Å². The quantitative estimate of drug-likeness (QED) is 0.658. The fourth-order valence-electron chi connectivity index (χ4n) is 1.51. The maximum absolute atomic E-state index is 10.7. The molecule has 0 aromatic heterocycles. The highest BCUT2D eigenvalue weighted by Gasteiger charge is 2.02. The summed E-state index contributed by atoms with van der Waals surface area (Å²) in [5, 5.41) is 26.5. The van der Waals surface area contributed by atoms with Crippen molar-refractivity contribution in [2.24, 2.45) is 10.2 Å². The first-order chi connectivity index (χ1) is 9.63. The Kier molecular flexibility index (Phi) is 3.85. The maximum Gasteiger partial charge on any atom is 0.153 e. The second-order valence-electron chi connectivity index (χ2n) is 3.92. The van der Waals surface area contributed by atoms with Gasteiger partial charge in [-0.05, 0) is 36.4 Å². The summed E-state index contributed by atoms with van der Waals surface area (Å²) < 4.78 is 0. The predicted octanol–water partition coefficient (Wildman–Crippen LogP) is 3.14. The molecule has 0 saturated carbocycles. The summed E-state index contributed by atoms with van der Waals surface area (Å²) in [4.78, 5) is 21.4. The molecule has 0 fully saturated rings. The van der Waals surface area contributed by atoms with Gasteiger partial charge in [-0.3, -0.25) is 9.59 Å². The first-order valence-corrected chi connectivity index (χ1v) is 5.62. The van der Waals surface area contributed by atoms with Crippen LogP contribution in [0.3, 0.4) is 0 Å². The van der Waals surface area contributed by atoms with E-state index in [1.165, 1.54) is 36.4 Å². The molecule has 2 rings (SSSR count). The zero-order chi connectivity index (χ0) is 14.5. The molecule has 0 heterocycles. The summed E-state index contributed by atoms with van der Waals surface area (Å²) in [5.74, 6) is -0.265. The van der Waals surface area contributed by atoms with Gasteiger partial charge in [0.1, 0.15) is 11.5 Å². The Labute approximate surface area is 114 Å². The first kappa shape index (κ1) is 13.4. The molecule has 2 aromatic rings. The average molecular weight is 270 g/mol. The molecule has 2 aromatic carbocycles. The van der Waals surface area contributed by atoms with Gasteiger partial charge in [0, 0.05) is 0 Å². The molecule has 6 heteroatoms. The number of phenols is 2. The van der Waals surface area contributed by atoms with Crippen molar-refractivity contribution in [3.63, 3.8) is 0 Å². The van der Waals surface area contributed by atoms with Crippen LogP contribution in [0.25, 0.3) is 0 Å². The number of rotatable bonds is 4. The Bertz CT molecular complexity index is 636. The van der Waals surface area contributed by atoms with Crippen molar-refractivity contribution in [2.45, 2.75) is 0 Å². The molecule has 0 amide bonds. The normalized spacial score (nSPS) is 10.6. The van der Waals surface area contributed by atoms with Crippen LogP contribution in [0.5, 0.6) is 11.5 Å². The summed E-state index contributed by atoms with van der Waals surface area (Å²) in [6, 6.07) is 8.43. The summed E-state index contributed by atoms with van der Waals surface area (Å²) in [5.41, 5.74) is 0.984. The molecule has 0 bridgehead atoms. The van der Waals surface area contributed by atoms with E-state index >= 15 is 0 Å². The van der Waals surface area contributed by atoms with Gasteiger partial charge in [0.25, 0.3) is 0 Å². The SMILES string of the molecule is O=Cc1cc(/N=N/c2ccc(O)c(C=O)c2)ccc1O. The van der Waals surface area contributed by atoms with E-state index in [-0.39, 0.29) is 22.6 Å². The smallest absolute Gasteiger partial charge is 0.153 e. The van der Waals surface area contributed by atoms with Crippen LogP contribution in [0.2, 0.25) is 0 Å². The van der Waals surface area contributed by atoms with E-state index in [0.717, 1.165) is 0 Å². The average Bonchev–Trinajstić information content (AvgIpc) is 2.47. The summed E-state index contributed by atoms with van der Waals surface area (Å²) in [6.07, 6.45) is 1.03. The monoisotopic (exact) mass is 270 g/mol. The van der Waals surface area contributed by atoms with Crippen LogP contribution in [0.15, 0.2) is 46.6 Å². The van der Waals surface area contributed by atoms with E-state index in [0.29, 0.717) is 23.9 Å². The van der Waals surface area contributed by atoms with Crippen molar-refractivity contribution in [3.8, 4) is 11.5 Å². The standard InChI is InChI=1S/C14H10N2O4/c17-7-9-5-11(1-3-13(9)19)15-16-12-2-4-14(20)10(6-12)8-18/h1-8,19-20H/b16-15+. The fraction of sp³-hybridized carbons (Fsp3) is 0. The van der Waals surface area contributed by atoms with E-state index < -0.39 is 0 Å². The van der Waals surface area contributed by atoms with Crippen LogP contribution in [0, 0.1) is 0 Å². The number of carbonyl (C=O) groups excluding carboxylic acids is 2. The zero-order valence-corrected chi connectivity index (χ0v) is 10.2. The van der Waals surface area contributed by atoms with Gasteiger partial charge >= 0.3 is 0 Å². The van der Waals surface area contributed by atoms with E-state index in [1.807, 2.05) is 0 Å². The molecule has 0 radical (unpaired) electrons. The molecule has 0 saturated heterocycles. The zero-order valence-electron chi connectivity index (χ0n) is 10.2. The largest absolute Gasteiger partial charge is 0.507 e. The van der Waals surface area contributed by atoms with Crippen molar-refractivity contribution in [1.29, 1.82) is 0 Å². The minimum absolute atomic E-state index is 0.112. The minimum atomic E-state index is -0.133. The summed E-state index contributed by atoms with van der Waals surface area (Å²) in [7, 11) is 0. The molecule has 0 aliphatic heterocycles. The van der Waals surface area contributed by atoms with Gasteiger partial charge in [-0.1, -0.05) is 0 Å². The molecular weight excluding hydrogens is 260 g/mol. The highest BCUT2D eigenvalue weighted by Crippen LogP contribution is 2.26. The lowest BCUT2D eigenvalue weighted by molar-refractivity contribution is 0.111. The van der Waals surface area contributed by atoms with Crippen molar-refractivity contribution >= 4 is 23.9 Å². The van der Waals surface area contributed by atoms with E-state index in [4.69, 9.17) is 0 Å². The summed E-state index contributed by atoms with van der Waals surface area (Å²) in [6.45, 7) is 0. The maximum atomic E-state index is 10.7. The number of carbonyl (C=O) groups is 2. The van der Waals surface area contributed by atoms with Crippen molar-refractivity contribution in [3.05, 3.63) is 47.5 Å². The van der Waals surface area contributed by atoms with Crippen LogP contribution in [0.1, 0.15) is 20.7 Å². The number of phenolic OH excluding ortho intramolecular Hbond substituents is 2. The second-order valence-corrected chi connectivity index (χ2v) is 3.92. The molecule has 20 heavy (non-hydrogen) atoms. The molecule has 100 valence electrons. The van der Waals surface area contributed by atoms with Crippen LogP contribution in [-0.4, -0.2) is 22.8 Å². The number of hydrogen-bond acceptors (Lipinski definition) is 6. The van der Waals surface area contributed by atoms with Crippen molar-refractivity contribution in [2.75, 3.05) is 0 Å². The van der Waals surface area contributed by atoms with Gasteiger partial charge in [-0.25, -0.2) is 0 Å². The van der Waals surface area contributed by atoms with E-state index in [1.54, 1.807) is 0 Å². The number of aromatic hydroxyl groups is 2. The summed E-state index contributed by atoms with van der Waals surface area (Å²) >= 11 is 0. The van der Waals surface area contributed by atoms with Crippen LogP contribution in [0.4, 0.5) is 11.4 Å². The third-order valence-corrected chi connectivity index (χ3v) is 2.56. The molecule has 0 aliphatic carbocycles. The van der Waals surface area contributed by atoms with Crippen LogP contribution >= 0.6 is 0 Å². The third-order valence-electron chi connectivity index (χ3n) is 2.56. The van der Waals surface area contributed by atoms with E-state index in [9.17, 15) is 19.8 Å². The Hall–Kier alpha value is -3.02. The molecular formula is C14H10N2O4. The fourth-order valence-corrected chi connectivity index (χ4v) is 1.51. The third kappa shape index (κ3) is 2.86. The number of hydrogen-bond donors (Lipinski definition) is 2. The Morgan fingerprint density at radius 3 is 1.50 bits per heavy atom. The van der Waals surface area contributed by atoms with Gasteiger partial charge in [-0.15, -0.1) is 0 Å². The highest BCUT2D eigenvalue weighted by molar-refractivity contribution is 5.81. The molecule has 6 nitrogen and oxygen atoms in total. The van der Waals surface area contributed by atoms with Crippen LogP contribution in [-0.2, 0) is 0 Å². The van der Waals surface area contributed by atoms with Gasteiger partial charge < -0.3 is 10.2 Å². The Morgan fingerprint density at radius 2 is 1.15 bits per heavy atom. The molecule has 0 aliphatic rings. The lowest BCUT2D eigenvalue weighted by atomic mass is 10.2. The Balaban J connectivity index is 2.29. The van der Waals surface area contributed by atoms with Gasteiger partial charge in [-0.2, -0.15) is 10.2 Å². The Morgan fingerprint density at radius 1 is 0.750 bits per heavy atom. The molecule has 0 unspecified atom stereocenters. The molecule has 0 atom stereocenters. The minimum Gasteiger partial charge on any atom is -0.507 e. The first-order valence-electron chi connectivity index (χ1n) is 5.62.